The van der Waals surface area contributed by atoms with Crippen LogP contribution < -0.4 is 11.5 Å². The Labute approximate surface area is 198 Å². The number of nitrogens with zero attached hydrogens (tertiary/aromatic N) is 4. The topological polar surface area (TPSA) is 136 Å². The van der Waals surface area contributed by atoms with E-state index in [0.717, 1.165) is 15.8 Å². The van der Waals surface area contributed by atoms with E-state index in [-0.39, 0.29) is 24.8 Å². The van der Waals surface area contributed by atoms with Crippen molar-refractivity contribution in [2.45, 2.75) is 19.0 Å². The number of halogens is 1. The number of carbonyl (C=O) groups is 3. The van der Waals surface area contributed by atoms with E-state index in [1.165, 1.54) is 28.6 Å². The van der Waals surface area contributed by atoms with Gasteiger partial charge in [0.25, 0.3) is 0 Å². The molecule has 1 atom stereocenters. The Morgan fingerprint density at radius 3 is 2.76 bits per heavy atom. The van der Waals surface area contributed by atoms with Gasteiger partial charge in [0.15, 0.2) is 0 Å². The van der Waals surface area contributed by atoms with Gasteiger partial charge in [-0.05, 0) is 35.9 Å². The second-order valence-corrected chi connectivity index (χ2v) is 9.31. The van der Waals surface area contributed by atoms with Crippen LogP contribution in [0.3, 0.4) is 0 Å². The summed E-state index contributed by atoms with van der Waals surface area (Å²) in [5.41, 5.74) is 12.8. The number of hydrogen-bond acceptors (Lipinski definition) is 7. The quantitative estimate of drug-likeness (QED) is 0.514. The lowest BCUT2D eigenvalue weighted by molar-refractivity contribution is -0.151. The lowest BCUT2D eigenvalue weighted by Gasteiger charge is -2.40. The predicted octanol–water partition coefficient (Wildman–Crippen LogP) is 2.06. The minimum Gasteiger partial charge on any atom is -0.383 e. The highest BCUT2D eigenvalue weighted by molar-refractivity contribution is 7.17. The molecule has 0 bridgehead atoms. The summed E-state index contributed by atoms with van der Waals surface area (Å²) in [7, 11) is 0. The van der Waals surface area contributed by atoms with Gasteiger partial charge in [-0.3, -0.25) is 14.4 Å². The van der Waals surface area contributed by atoms with E-state index in [1.807, 2.05) is 18.2 Å². The van der Waals surface area contributed by atoms with Gasteiger partial charge in [0.2, 0.25) is 17.7 Å². The third-order valence-electron chi connectivity index (χ3n) is 5.35. The van der Waals surface area contributed by atoms with Gasteiger partial charge in [0.1, 0.15) is 18.2 Å². The molecule has 9 nitrogen and oxygen atoms in total. The Balaban J connectivity index is 1.51. The molecule has 3 amide bonds. The first-order valence-corrected chi connectivity index (χ1v) is 11.3. The number of nitrogen functional groups attached to an aromatic ring is 1. The summed E-state index contributed by atoms with van der Waals surface area (Å²) in [5.74, 6) is -0.964. The molecule has 3 aromatic rings. The summed E-state index contributed by atoms with van der Waals surface area (Å²) in [4.78, 5) is 49.7. The highest BCUT2D eigenvalue weighted by Gasteiger charge is 2.37. The molecule has 0 spiro atoms. The number of amides is 3. The summed E-state index contributed by atoms with van der Waals surface area (Å²) in [5, 5.41) is 0.730. The molecule has 4 N–H and O–H groups in total. The van der Waals surface area contributed by atoms with Gasteiger partial charge in [-0.2, -0.15) is 0 Å². The summed E-state index contributed by atoms with van der Waals surface area (Å²) < 4.78 is 0.611. The van der Waals surface area contributed by atoms with Crippen molar-refractivity contribution in [2.24, 2.45) is 5.73 Å². The maximum atomic E-state index is 13.2. The number of carbonyl (C=O) groups excluding carboxylic acids is 3. The van der Waals surface area contributed by atoms with Crippen molar-refractivity contribution >= 4 is 63.5 Å². The van der Waals surface area contributed by atoms with E-state index in [1.54, 1.807) is 23.1 Å². The van der Waals surface area contributed by atoms with E-state index >= 15 is 0 Å². The van der Waals surface area contributed by atoms with Crippen LogP contribution in [0.4, 0.5) is 5.82 Å². The number of anilines is 1. The van der Waals surface area contributed by atoms with Crippen molar-refractivity contribution in [3.8, 4) is 0 Å². The zero-order chi connectivity index (χ0) is 23.5. The molecule has 1 aromatic carbocycles. The van der Waals surface area contributed by atoms with Crippen LogP contribution in [0.2, 0.25) is 4.34 Å². The van der Waals surface area contributed by atoms with E-state index in [0.29, 0.717) is 28.8 Å². The zero-order valence-electron chi connectivity index (χ0n) is 17.5. The molecule has 0 aliphatic carbocycles. The molecular formula is C22H21ClN6O3S. The summed E-state index contributed by atoms with van der Waals surface area (Å²) in [6.45, 7) is 0.905. The third-order valence-corrected chi connectivity index (χ3v) is 6.55. The smallest absolute Gasteiger partial charge is 0.247 e. The molecule has 1 aliphatic heterocycles. The highest BCUT2D eigenvalue weighted by atomic mass is 35.5. The predicted molar refractivity (Wildman–Crippen MR) is 127 cm³/mol. The molecule has 4 rings (SSSR count). The summed E-state index contributed by atoms with van der Waals surface area (Å²) in [6, 6.07) is 8.08. The minimum absolute atomic E-state index is 0.249. The van der Waals surface area contributed by atoms with Crippen molar-refractivity contribution < 1.29 is 14.4 Å². The second kappa shape index (κ2) is 9.55. The number of benzene rings is 1. The van der Waals surface area contributed by atoms with Gasteiger partial charge >= 0.3 is 0 Å². The molecule has 0 unspecified atom stereocenters. The molecule has 3 heterocycles. The van der Waals surface area contributed by atoms with Crippen LogP contribution in [0.15, 0.2) is 42.7 Å². The first kappa shape index (κ1) is 22.7. The standard InChI is InChI=1S/C22H21ClN6O3S/c23-18-5-2-14(33-18)3-6-20(31)29-8-7-28(22(32)17(29)10-19(24)30)11-13-1-4-15-16(9-13)26-12-27-21(15)25/h1-6,9,12,17H,7-8,10-11H2,(H2,24,30)(H2,25,26,27)/t17-/m0/s1. The van der Waals surface area contributed by atoms with Crippen LogP contribution in [0, 0.1) is 0 Å². The van der Waals surface area contributed by atoms with Gasteiger partial charge in [0.05, 0.1) is 16.3 Å². The Hall–Kier alpha value is -3.50. The van der Waals surface area contributed by atoms with Crippen LogP contribution in [0.25, 0.3) is 17.0 Å². The highest BCUT2D eigenvalue weighted by Crippen LogP contribution is 2.24. The molecule has 170 valence electrons. The molecule has 1 saturated heterocycles. The minimum atomic E-state index is -0.959. The van der Waals surface area contributed by atoms with Crippen LogP contribution >= 0.6 is 22.9 Å². The largest absolute Gasteiger partial charge is 0.383 e. The van der Waals surface area contributed by atoms with Gasteiger partial charge in [-0.25, -0.2) is 9.97 Å². The van der Waals surface area contributed by atoms with E-state index in [2.05, 4.69) is 9.97 Å². The average molecular weight is 485 g/mol. The Morgan fingerprint density at radius 2 is 2.03 bits per heavy atom. The number of rotatable bonds is 6. The number of primary amides is 1. The molecule has 1 fully saturated rings. The first-order chi connectivity index (χ1) is 15.8. The van der Waals surface area contributed by atoms with Crippen molar-refractivity contribution in [1.29, 1.82) is 0 Å². The number of hydrogen-bond donors (Lipinski definition) is 2. The lowest BCUT2D eigenvalue weighted by Crippen LogP contribution is -2.59. The zero-order valence-corrected chi connectivity index (χ0v) is 19.1. The molecular weight excluding hydrogens is 464 g/mol. The summed E-state index contributed by atoms with van der Waals surface area (Å²) in [6.07, 6.45) is 4.16. The van der Waals surface area contributed by atoms with Crippen LogP contribution in [-0.4, -0.2) is 56.6 Å². The van der Waals surface area contributed by atoms with E-state index in [9.17, 15) is 14.4 Å². The van der Waals surface area contributed by atoms with Crippen molar-refractivity contribution in [2.75, 3.05) is 18.8 Å². The van der Waals surface area contributed by atoms with Gasteiger partial charge in [0, 0.05) is 36.0 Å². The molecule has 2 aromatic heterocycles. The maximum Gasteiger partial charge on any atom is 0.247 e. The fourth-order valence-corrected chi connectivity index (χ4v) is 4.72. The van der Waals surface area contributed by atoms with Gasteiger partial charge in [-0.1, -0.05) is 17.7 Å². The fraction of sp³-hybridized carbons (Fsp3) is 0.227. The number of piperazine rings is 1. The molecule has 33 heavy (non-hydrogen) atoms. The number of aromatic nitrogens is 2. The number of thiophene rings is 1. The SMILES string of the molecule is NC(=O)C[C@H]1C(=O)N(Cc2ccc3c(N)ncnc3c2)CCN1C(=O)C=Cc1ccc(Cl)s1. The molecule has 0 radical (unpaired) electrons. The first-order valence-electron chi connectivity index (χ1n) is 10.1. The maximum absolute atomic E-state index is 13.2. The third kappa shape index (κ3) is 5.12. The van der Waals surface area contributed by atoms with Crippen molar-refractivity contribution in [1.82, 2.24) is 19.8 Å². The van der Waals surface area contributed by atoms with Gasteiger partial charge < -0.3 is 21.3 Å². The second-order valence-electron chi connectivity index (χ2n) is 7.56. The monoisotopic (exact) mass is 484 g/mol. The van der Waals surface area contributed by atoms with Crippen LogP contribution in [0.1, 0.15) is 16.9 Å². The number of nitrogens with two attached hydrogens (primary N) is 2. The lowest BCUT2D eigenvalue weighted by atomic mass is 10.0. The fourth-order valence-electron chi connectivity index (χ4n) is 3.76. The Bertz CT molecular complexity index is 1260. The molecule has 11 heteroatoms. The average Bonchev–Trinajstić information content (AvgIpc) is 3.20. The van der Waals surface area contributed by atoms with Crippen molar-refractivity contribution in [3.63, 3.8) is 0 Å². The Kier molecular flexibility index (Phi) is 6.57. The molecule has 1 aliphatic rings. The Morgan fingerprint density at radius 1 is 1.21 bits per heavy atom. The number of fused-ring (bicyclic) bond motifs is 1. The molecule has 0 saturated carbocycles. The van der Waals surface area contributed by atoms with Crippen LogP contribution in [0.5, 0.6) is 0 Å². The van der Waals surface area contributed by atoms with Crippen molar-refractivity contribution in [3.05, 3.63) is 57.5 Å². The summed E-state index contributed by atoms with van der Waals surface area (Å²) >= 11 is 7.25. The normalized spacial score (nSPS) is 16.6. The van der Waals surface area contributed by atoms with Gasteiger partial charge in [-0.15, -0.1) is 11.3 Å². The van der Waals surface area contributed by atoms with E-state index in [4.69, 9.17) is 23.1 Å². The van der Waals surface area contributed by atoms with E-state index < -0.39 is 11.9 Å². The van der Waals surface area contributed by atoms with Crippen LogP contribution in [-0.2, 0) is 20.9 Å².